The summed E-state index contributed by atoms with van der Waals surface area (Å²) in [5.74, 6) is 0. The molecule has 0 aliphatic carbocycles. The van der Waals surface area contributed by atoms with Crippen LogP contribution in [0.2, 0.25) is 0 Å². The van der Waals surface area contributed by atoms with E-state index in [0.29, 0.717) is 6.04 Å². The van der Waals surface area contributed by atoms with Gasteiger partial charge in [0.1, 0.15) is 0 Å². The highest BCUT2D eigenvalue weighted by Crippen LogP contribution is 2.33. The van der Waals surface area contributed by atoms with Gasteiger partial charge in [0.05, 0.1) is 1.37 Å². The van der Waals surface area contributed by atoms with Crippen LogP contribution < -0.4 is 0 Å². The van der Waals surface area contributed by atoms with Crippen molar-refractivity contribution in [2.75, 3.05) is 0 Å². The Balaban J connectivity index is 2.48. The standard InChI is InChI=1S/C16H10/c1-3-11-7-9-13-5-2-6-14-10-8-12(4-1)15(11)16(13)14/h1-10H/i3D. The summed E-state index contributed by atoms with van der Waals surface area (Å²) in [5, 5.41) is 7.30. The molecule has 0 heterocycles. The van der Waals surface area contributed by atoms with Crippen molar-refractivity contribution in [3.8, 4) is 0 Å². The third-order valence-corrected chi connectivity index (χ3v) is 3.31. The highest BCUT2D eigenvalue weighted by Gasteiger charge is 2.05. The van der Waals surface area contributed by atoms with E-state index in [1.165, 1.54) is 26.9 Å². The number of hydrogen-bond donors (Lipinski definition) is 0. The van der Waals surface area contributed by atoms with Crippen LogP contribution >= 0.6 is 0 Å². The van der Waals surface area contributed by atoms with Crippen molar-refractivity contribution in [3.05, 3.63) is 60.6 Å². The Labute approximate surface area is 94.9 Å². The summed E-state index contributed by atoms with van der Waals surface area (Å²) in [4.78, 5) is 0. The van der Waals surface area contributed by atoms with Crippen molar-refractivity contribution in [2.45, 2.75) is 0 Å². The molecule has 16 heavy (non-hydrogen) atoms. The zero-order chi connectivity index (χ0) is 11.4. The molecule has 4 aromatic carbocycles. The van der Waals surface area contributed by atoms with Crippen LogP contribution in [-0.4, -0.2) is 0 Å². The van der Waals surface area contributed by atoms with Gasteiger partial charge in [-0.25, -0.2) is 0 Å². The topological polar surface area (TPSA) is 0 Å². The maximum absolute atomic E-state index is 8.01. The molecule has 0 saturated heterocycles. The second-order valence-electron chi connectivity index (χ2n) is 4.20. The van der Waals surface area contributed by atoms with Crippen LogP contribution in [0.1, 0.15) is 1.37 Å². The number of rotatable bonds is 0. The fourth-order valence-corrected chi connectivity index (χ4v) is 2.59. The Morgan fingerprint density at radius 2 is 1.06 bits per heavy atom. The lowest BCUT2D eigenvalue weighted by Gasteiger charge is -2.09. The molecule has 0 atom stereocenters. The lowest BCUT2D eigenvalue weighted by Crippen LogP contribution is -1.82. The van der Waals surface area contributed by atoms with E-state index in [1.807, 2.05) is 12.1 Å². The Kier molecular flexibility index (Phi) is 1.24. The lowest BCUT2D eigenvalue weighted by atomic mass is 9.95. The van der Waals surface area contributed by atoms with Gasteiger partial charge in [-0.2, -0.15) is 0 Å². The van der Waals surface area contributed by atoms with Crippen LogP contribution in [0.5, 0.6) is 0 Å². The first-order valence-electron chi connectivity index (χ1n) is 5.98. The highest BCUT2D eigenvalue weighted by atomic mass is 14.1. The third-order valence-electron chi connectivity index (χ3n) is 3.31. The van der Waals surface area contributed by atoms with Crippen LogP contribution in [0.4, 0.5) is 0 Å². The van der Waals surface area contributed by atoms with Gasteiger partial charge in [0, 0.05) is 0 Å². The summed E-state index contributed by atoms with van der Waals surface area (Å²) in [6.45, 7) is 0. The normalized spacial score (nSPS) is 12.6. The third kappa shape index (κ3) is 0.892. The molecule has 0 fully saturated rings. The van der Waals surface area contributed by atoms with E-state index in [9.17, 15) is 0 Å². The summed E-state index contributed by atoms with van der Waals surface area (Å²) < 4.78 is 8.01. The summed E-state index contributed by atoms with van der Waals surface area (Å²) >= 11 is 0. The zero-order valence-corrected chi connectivity index (χ0v) is 8.70. The van der Waals surface area contributed by atoms with Crippen molar-refractivity contribution in [3.63, 3.8) is 0 Å². The Hall–Kier alpha value is -2.08. The number of benzene rings is 4. The first-order chi connectivity index (χ1) is 8.34. The molecule has 0 aliphatic rings. The quantitative estimate of drug-likeness (QED) is 0.367. The average Bonchev–Trinajstić information content (AvgIpc) is 2.38. The largest absolute Gasteiger partial charge is 0.0629 e. The van der Waals surface area contributed by atoms with E-state index in [0.717, 1.165) is 5.39 Å². The van der Waals surface area contributed by atoms with Crippen LogP contribution in [0, 0.1) is 0 Å². The zero-order valence-electron chi connectivity index (χ0n) is 9.70. The van der Waals surface area contributed by atoms with E-state index in [1.54, 1.807) is 0 Å². The van der Waals surface area contributed by atoms with Gasteiger partial charge in [-0.3, -0.25) is 0 Å². The molecule has 0 amide bonds. The van der Waals surface area contributed by atoms with Crippen LogP contribution in [0.15, 0.2) is 60.6 Å². The first kappa shape index (κ1) is 7.24. The average molecular weight is 203 g/mol. The van der Waals surface area contributed by atoms with Crippen molar-refractivity contribution in [2.24, 2.45) is 0 Å². The minimum absolute atomic E-state index is 0.607. The Bertz CT molecular complexity index is 830. The molecule has 0 spiro atoms. The molecule has 0 N–H and O–H groups in total. The van der Waals surface area contributed by atoms with Crippen molar-refractivity contribution in [1.82, 2.24) is 0 Å². The first-order valence-corrected chi connectivity index (χ1v) is 5.48. The fraction of sp³-hybridized carbons (Fsp3) is 0. The molecule has 0 heteroatoms. The maximum Gasteiger partial charge on any atom is 0.0629 e. The molecule has 4 aromatic rings. The van der Waals surface area contributed by atoms with E-state index >= 15 is 0 Å². The molecule has 0 aromatic heterocycles. The molecule has 74 valence electrons. The lowest BCUT2D eigenvalue weighted by molar-refractivity contribution is 1.78. The van der Waals surface area contributed by atoms with Crippen molar-refractivity contribution < 1.29 is 1.37 Å². The predicted octanol–water partition coefficient (Wildman–Crippen LogP) is 4.58. The molecule has 0 unspecified atom stereocenters. The highest BCUT2D eigenvalue weighted by molar-refractivity contribution is 6.22. The summed E-state index contributed by atoms with van der Waals surface area (Å²) in [7, 11) is 0. The summed E-state index contributed by atoms with van der Waals surface area (Å²) in [6.07, 6.45) is 0. The van der Waals surface area contributed by atoms with E-state index < -0.39 is 0 Å². The van der Waals surface area contributed by atoms with Gasteiger partial charge < -0.3 is 0 Å². The Morgan fingerprint density at radius 3 is 1.75 bits per heavy atom. The SMILES string of the molecule is [2H]c1ccc2ccc3cccc4ccc1c2c34. The van der Waals surface area contributed by atoms with Gasteiger partial charge in [-0.15, -0.1) is 0 Å². The van der Waals surface area contributed by atoms with Gasteiger partial charge in [-0.1, -0.05) is 60.6 Å². The van der Waals surface area contributed by atoms with Gasteiger partial charge in [-0.05, 0) is 32.3 Å². The fourth-order valence-electron chi connectivity index (χ4n) is 2.59. The molecule has 0 nitrogen and oxygen atoms in total. The molecule has 0 saturated carbocycles. The van der Waals surface area contributed by atoms with Crippen molar-refractivity contribution >= 4 is 32.3 Å². The monoisotopic (exact) mass is 203 g/mol. The van der Waals surface area contributed by atoms with E-state index in [4.69, 9.17) is 1.37 Å². The minimum Gasteiger partial charge on any atom is -0.0610 e. The van der Waals surface area contributed by atoms with Crippen LogP contribution in [-0.2, 0) is 0 Å². The van der Waals surface area contributed by atoms with Crippen LogP contribution in [0.3, 0.4) is 0 Å². The molecule has 0 bridgehead atoms. The molecular formula is C16H10. The van der Waals surface area contributed by atoms with Gasteiger partial charge >= 0.3 is 0 Å². The van der Waals surface area contributed by atoms with Crippen LogP contribution in [0.25, 0.3) is 32.3 Å². The Morgan fingerprint density at radius 1 is 0.562 bits per heavy atom. The second kappa shape index (κ2) is 2.73. The van der Waals surface area contributed by atoms with E-state index in [-0.39, 0.29) is 0 Å². The van der Waals surface area contributed by atoms with Crippen molar-refractivity contribution in [1.29, 1.82) is 0 Å². The second-order valence-corrected chi connectivity index (χ2v) is 4.20. The van der Waals surface area contributed by atoms with Gasteiger partial charge in [0.25, 0.3) is 0 Å². The minimum atomic E-state index is 0.607. The molecule has 0 aliphatic heterocycles. The molecule has 0 radical (unpaired) electrons. The van der Waals surface area contributed by atoms with Gasteiger partial charge in [0.15, 0.2) is 0 Å². The van der Waals surface area contributed by atoms with E-state index in [2.05, 4.69) is 42.5 Å². The smallest absolute Gasteiger partial charge is 0.0610 e. The molecule has 4 rings (SSSR count). The molecular weight excluding hydrogens is 192 g/mol. The summed E-state index contributed by atoms with van der Waals surface area (Å²) in [5.41, 5.74) is 0. The number of hydrogen-bond acceptors (Lipinski definition) is 0. The predicted molar refractivity (Wildman–Crippen MR) is 70.1 cm³/mol. The summed E-state index contributed by atoms with van der Waals surface area (Å²) in [6, 6.07) is 19.4. The maximum atomic E-state index is 8.01. The van der Waals surface area contributed by atoms with Gasteiger partial charge in [0.2, 0.25) is 0 Å².